The molecule has 22 heavy (non-hydrogen) atoms. The standard InChI is InChI=1S/C16H24N2O2S2/c1-4-5-12-6-8-13(9-7-12)22-18-10-11-21-16(2,3)14(18)15(19)17-20/h6-9,14,20H,4-5,10-11H2,1-3H3,(H,17,19). The maximum Gasteiger partial charge on any atom is 0.263 e. The normalized spacial score (nSPS) is 21.5. The van der Waals surface area contributed by atoms with E-state index in [1.54, 1.807) is 23.7 Å². The number of thioether (sulfide) groups is 1. The Morgan fingerprint density at radius 3 is 2.73 bits per heavy atom. The van der Waals surface area contributed by atoms with Crippen LogP contribution in [0.15, 0.2) is 29.2 Å². The van der Waals surface area contributed by atoms with Crippen molar-refractivity contribution in [1.29, 1.82) is 0 Å². The average Bonchev–Trinajstić information content (AvgIpc) is 2.48. The van der Waals surface area contributed by atoms with Gasteiger partial charge in [0.05, 0.1) is 0 Å². The van der Waals surface area contributed by atoms with Crippen molar-refractivity contribution < 1.29 is 10.0 Å². The number of amides is 1. The molecule has 0 aliphatic carbocycles. The highest BCUT2D eigenvalue weighted by Gasteiger charge is 2.43. The SMILES string of the molecule is CCCc1ccc(SN2CCSC(C)(C)C2C(=O)NO)cc1. The van der Waals surface area contributed by atoms with Crippen molar-refractivity contribution in [2.24, 2.45) is 0 Å². The Kier molecular flexibility index (Phi) is 6.20. The summed E-state index contributed by atoms with van der Waals surface area (Å²) in [5.74, 6) is 0.635. The zero-order valence-corrected chi connectivity index (χ0v) is 15.0. The van der Waals surface area contributed by atoms with Crippen LogP contribution in [-0.2, 0) is 11.2 Å². The van der Waals surface area contributed by atoms with Crippen LogP contribution in [0.25, 0.3) is 0 Å². The third-order valence-corrected chi connectivity index (χ3v) is 6.24. The van der Waals surface area contributed by atoms with Crippen molar-refractivity contribution in [3.05, 3.63) is 29.8 Å². The number of nitrogens with one attached hydrogen (secondary N) is 1. The van der Waals surface area contributed by atoms with E-state index in [1.165, 1.54) is 5.56 Å². The first-order valence-corrected chi connectivity index (χ1v) is 9.35. The lowest BCUT2D eigenvalue weighted by atomic mass is 10.0. The highest BCUT2D eigenvalue weighted by molar-refractivity contribution is 8.01. The number of rotatable bonds is 5. The molecule has 1 atom stereocenters. The van der Waals surface area contributed by atoms with E-state index in [2.05, 4.69) is 49.3 Å². The first kappa shape index (κ1) is 17.7. The molecule has 1 aliphatic rings. The van der Waals surface area contributed by atoms with Crippen LogP contribution in [-0.4, -0.2) is 38.5 Å². The van der Waals surface area contributed by atoms with Gasteiger partial charge in [-0.15, -0.1) is 0 Å². The fraction of sp³-hybridized carbons (Fsp3) is 0.562. The Morgan fingerprint density at radius 2 is 2.14 bits per heavy atom. The third kappa shape index (κ3) is 4.19. The van der Waals surface area contributed by atoms with Crippen LogP contribution >= 0.6 is 23.7 Å². The van der Waals surface area contributed by atoms with E-state index in [-0.39, 0.29) is 16.7 Å². The Labute approximate surface area is 141 Å². The number of benzene rings is 1. The highest BCUT2D eigenvalue weighted by Crippen LogP contribution is 2.40. The van der Waals surface area contributed by atoms with Crippen LogP contribution in [0.3, 0.4) is 0 Å². The molecule has 0 spiro atoms. The molecule has 0 radical (unpaired) electrons. The van der Waals surface area contributed by atoms with Gasteiger partial charge >= 0.3 is 0 Å². The quantitative estimate of drug-likeness (QED) is 0.489. The van der Waals surface area contributed by atoms with Gasteiger partial charge in [-0.05, 0) is 49.9 Å². The van der Waals surface area contributed by atoms with E-state index in [0.717, 1.165) is 30.0 Å². The molecule has 1 fully saturated rings. The van der Waals surface area contributed by atoms with Crippen LogP contribution in [0.4, 0.5) is 0 Å². The molecule has 1 aromatic carbocycles. The number of carbonyl (C=O) groups is 1. The summed E-state index contributed by atoms with van der Waals surface area (Å²) in [7, 11) is 0. The minimum absolute atomic E-state index is 0.236. The van der Waals surface area contributed by atoms with Crippen LogP contribution < -0.4 is 5.48 Å². The topological polar surface area (TPSA) is 52.6 Å². The third-order valence-electron chi connectivity index (χ3n) is 3.78. The minimum Gasteiger partial charge on any atom is -0.289 e. The predicted molar refractivity (Wildman–Crippen MR) is 93.3 cm³/mol. The minimum atomic E-state index is -0.364. The van der Waals surface area contributed by atoms with Gasteiger partial charge in [0.2, 0.25) is 0 Å². The van der Waals surface area contributed by atoms with Crippen LogP contribution in [0.5, 0.6) is 0 Å². The molecule has 1 unspecified atom stereocenters. The number of hydrogen-bond acceptors (Lipinski definition) is 5. The molecule has 6 heteroatoms. The molecule has 1 saturated heterocycles. The van der Waals surface area contributed by atoms with Gasteiger partial charge < -0.3 is 0 Å². The smallest absolute Gasteiger partial charge is 0.263 e. The molecule has 2 N–H and O–H groups in total. The molecule has 1 aromatic rings. The van der Waals surface area contributed by atoms with Gasteiger partial charge in [-0.2, -0.15) is 11.8 Å². The lowest BCUT2D eigenvalue weighted by Gasteiger charge is -2.43. The second-order valence-electron chi connectivity index (χ2n) is 5.96. The summed E-state index contributed by atoms with van der Waals surface area (Å²) in [5, 5.41) is 9.05. The average molecular weight is 341 g/mol. The second-order valence-corrected chi connectivity index (χ2v) is 8.83. The first-order valence-electron chi connectivity index (χ1n) is 7.59. The Hall–Kier alpha value is -0.690. The van der Waals surface area contributed by atoms with Crippen molar-refractivity contribution in [2.45, 2.75) is 49.3 Å². The summed E-state index contributed by atoms with van der Waals surface area (Å²) < 4.78 is 1.84. The molecule has 2 rings (SSSR count). The van der Waals surface area contributed by atoms with Gasteiger partial charge in [0.1, 0.15) is 6.04 Å². The zero-order chi connectivity index (χ0) is 16.2. The first-order chi connectivity index (χ1) is 10.5. The number of hydroxylamine groups is 1. The van der Waals surface area contributed by atoms with Crippen molar-refractivity contribution in [3.8, 4) is 0 Å². The Morgan fingerprint density at radius 1 is 1.45 bits per heavy atom. The van der Waals surface area contributed by atoms with Crippen molar-refractivity contribution in [2.75, 3.05) is 12.3 Å². The van der Waals surface area contributed by atoms with Crippen LogP contribution in [0.2, 0.25) is 0 Å². The summed E-state index contributed by atoms with van der Waals surface area (Å²) in [6.45, 7) is 7.09. The molecule has 1 aliphatic heterocycles. The summed E-state index contributed by atoms with van der Waals surface area (Å²) in [6, 6.07) is 8.15. The van der Waals surface area contributed by atoms with Crippen molar-refractivity contribution >= 4 is 29.6 Å². The van der Waals surface area contributed by atoms with Gasteiger partial charge in [0.15, 0.2) is 0 Å². The molecule has 0 bridgehead atoms. The highest BCUT2D eigenvalue weighted by atomic mass is 32.2. The van der Waals surface area contributed by atoms with E-state index in [9.17, 15) is 4.79 Å². The Balaban J connectivity index is 2.13. The van der Waals surface area contributed by atoms with Crippen molar-refractivity contribution in [1.82, 2.24) is 9.79 Å². The van der Waals surface area contributed by atoms with E-state index in [1.807, 2.05) is 5.48 Å². The largest absolute Gasteiger partial charge is 0.289 e. The molecule has 122 valence electrons. The summed E-state index contributed by atoms with van der Waals surface area (Å²) >= 11 is 3.36. The van der Waals surface area contributed by atoms with Gasteiger partial charge in [-0.1, -0.05) is 25.5 Å². The number of hydrogen-bond donors (Lipinski definition) is 2. The molecule has 0 saturated carbocycles. The molecular formula is C16H24N2O2S2. The molecule has 1 heterocycles. The van der Waals surface area contributed by atoms with Crippen LogP contribution in [0, 0.1) is 0 Å². The van der Waals surface area contributed by atoms with E-state index >= 15 is 0 Å². The fourth-order valence-corrected chi connectivity index (χ4v) is 5.26. The summed E-state index contributed by atoms with van der Waals surface area (Å²) in [5.41, 5.74) is 3.16. The van der Waals surface area contributed by atoms with Gasteiger partial charge in [0.25, 0.3) is 5.91 Å². The van der Waals surface area contributed by atoms with Gasteiger partial charge in [0, 0.05) is 21.9 Å². The van der Waals surface area contributed by atoms with E-state index in [0.29, 0.717) is 0 Å². The number of carbonyl (C=O) groups excluding carboxylic acids is 1. The van der Waals surface area contributed by atoms with E-state index in [4.69, 9.17) is 5.21 Å². The number of nitrogens with zero attached hydrogens (tertiary/aromatic N) is 1. The second kappa shape index (κ2) is 7.73. The van der Waals surface area contributed by atoms with Crippen molar-refractivity contribution in [3.63, 3.8) is 0 Å². The number of aryl methyl sites for hydroxylation is 1. The lowest BCUT2D eigenvalue weighted by Crippen LogP contribution is -2.57. The maximum absolute atomic E-state index is 12.1. The van der Waals surface area contributed by atoms with E-state index < -0.39 is 0 Å². The molecule has 4 nitrogen and oxygen atoms in total. The summed E-state index contributed by atoms with van der Waals surface area (Å²) in [4.78, 5) is 13.2. The Bertz CT molecular complexity index is 505. The fourth-order valence-electron chi connectivity index (χ4n) is 2.70. The summed E-state index contributed by atoms with van der Waals surface area (Å²) in [6.07, 6.45) is 2.23. The van der Waals surface area contributed by atoms with Gasteiger partial charge in [-0.25, -0.2) is 9.79 Å². The van der Waals surface area contributed by atoms with Crippen LogP contribution in [0.1, 0.15) is 32.8 Å². The molecule has 0 aromatic heterocycles. The lowest BCUT2D eigenvalue weighted by molar-refractivity contribution is -0.133. The molecule has 1 amide bonds. The predicted octanol–water partition coefficient (Wildman–Crippen LogP) is 3.35. The molecular weight excluding hydrogens is 316 g/mol. The van der Waals surface area contributed by atoms with Gasteiger partial charge in [-0.3, -0.25) is 10.0 Å². The maximum atomic E-state index is 12.1. The monoisotopic (exact) mass is 340 g/mol. The zero-order valence-electron chi connectivity index (χ0n) is 13.3.